The largest absolute Gasteiger partial charge is 0.460 e. The Morgan fingerprint density at radius 3 is 0.598 bits per heavy atom. The molecule has 0 aliphatic carbocycles. The lowest BCUT2D eigenvalue weighted by molar-refractivity contribution is -0.139. The summed E-state index contributed by atoms with van der Waals surface area (Å²) in [4.78, 5) is 15.7. The number of carbonyl (C=O) groups is 1. The summed E-state index contributed by atoms with van der Waals surface area (Å²) < 4.78 is 131. The van der Waals surface area contributed by atoms with E-state index in [1.54, 1.807) is 7.11 Å². The topological polar surface area (TPSA) is 245 Å². The number of rotatable bonds is 73. The van der Waals surface area contributed by atoms with Crippen LogP contribution in [-0.2, 0) is 118 Å². The molecule has 0 aromatic carbocycles. The van der Waals surface area contributed by atoms with Gasteiger partial charge >= 0.3 is 5.97 Å². The summed E-state index contributed by atoms with van der Waals surface area (Å²) in [6.07, 6.45) is 1.11. The quantitative estimate of drug-likeness (QED) is 0.0452. The first-order chi connectivity index (χ1) is 40.8. The number of hydrogen-bond acceptors (Lipinski definition) is 27. The number of nitrogens with zero attached hydrogens (tertiary/aromatic N) is 2. The molecule has 27 heteroatoms. The van der Waals surface area contributed by atoms with Gasteiger partial charge in [0.2, 0.25) is 0 Å². The van der Waals surface area contributed by atoms with E-state index in [0.29, 0.717) is 297 Å². The van der Waals surface area contributed by atoms with Gasteiger partial charge in [-0.2, -0.15) is 0 Å². The first-order valence-electron chi connectivity index (χ1n) is 29.2. The van der Waals surface area contributed by atoms with Gasteiger partial charge in [0.05, 0.1) is 304 Å². The predicted octanol–water partition coefficient (Wildman–Crippen LogP) is 0.302. The molecule has 0 unspecified atom stereocenters. The van der Waals surface area contributed by atoms with Crippen LogP contribution in [0.1, 0.15) is 0 Å². The molecule has 1 heterocycles. The van der Waals surface area contributed by atoms with Gasteiger partial charge in [-0.05, 0) is 0 Å². The van der Waals surface area contributed by atoms with Gasteiger partial charge in [-0.25, -0.2) is 4.79 Å². The molecule has 0 aromatic rings. The standard InChI is InChI=1S/C55H108N2O25/c1-3-55(58)82-53-52-81-51-50-80-49-48-79-47-46-78-45-44-77-43-42-76-39-37-73-33-31-70-27-25-67-21-19-64-15-13-61-9-7-57-5-4-56(54-57)6-8-60-12-14-63-18-20-66-24-26-69-30-32-72-36-38-75-41-40-74-35-34-71-29-28-68-23-22-65-17-16-62-11-10-59-2/h3H,1,4-54H2,2H3. The molecule has 1 aliphatic rings. The molecule has 488 valence electrons. The van der Waals surface area contributed by atoms with E-state index < -0.39 is 5.97 Å². The van der Waals surface area contributed by atoms with Gasteiger partial charge in [0, 0.05) is 39.4 Å². The minimum atomic E-state index is -0.463. The highest BCUT2D eigenvalue weighted by molar-refractivity contribution is 5.81. The number of ether oxygens (including phenoxy) is 24. The lowest BCUT2D eigenvalue weighted by Crippen LogP contribution is -2.30. The molecular formula is C55H108N2O25. The monoisotopic (exact) mass is 1200 g/mol. The van der Waals surface area contributed by atoms with Crippen molar-refractivity contribution in [2.24, 2.45) is 0 Å². The highest BCUT2D eigenvalue weighted by Crippen LogP contribution is 2.04. The van der Waals surface area contributed by atoms with Crippen molar-refractivity contribution in [2.75, 3.05) is 344 Å². The van der Waals surface area contributed by atoms with Crippen LogP contribution in [0.25, 0.3) is 0 Å². The van der Waals surface area contributed by atoms with Crippen LogP contribution < -0.4 is 0 Å². The fourth-order valence-electron chi connectivity index (χ4n) is 6.46. The second kappa shape index (κ2) is 70.0. The molecule has 1 aliphatic heterocycles. The molecule has 0 bridgehead atoms. The third-order valence-corrected chi connectivity index (χ3v) is 10.7. The Hall–Kier alpha value is -1.79. The van der Waals surface area contributed by atoms with Gasteiger partial charge in [-0.3, -0.25) is 9.80 Å². The van der Waals surface area contributed by atoms with E-state index in [0.717, 1.165) is 38.9 Å². The number of esters is 1. The zero-order valence-electron chi connectivity index (χ0n) is 49.9. The molecule has 0 radical (unpaired) electrons. The Kier molecular flexibility index (Phi) is 66.8. The second-order valence-corrected chi connectivity index (χ2v) is 17.2. The summed E-state index contributed by atoms with van der Waals surface area (Å²) in [5.74, 6) is -0.463. The SMILES string of the molecule is C=CC(=O)OCCOCCOCCOCCOCCOCCOCCOCCOCCOCCOCCOCCN1CCN(CCOCCOCCOCCOCCOCCOCCOCCOCCOCCOCCOCCOC)C1. The first kappa shape index (κ1) is 78.2. The van der Waals surface area contributed by atoms with Crippen LogP contribution in [0, 0.1) is 0 Å². The van der Waals surface area contributed by atoms with Crippen LogP contribution in [0.15, 0.2) is 12.7 Å². The molecule has 1 saturated heterocycles. The third kappa shape index (κ3) is 64.2. The molecule has 0 saturated carbocycles. The lowest BCUT2D eigenvalue weighted by atomic mass is 10.5. The Labute approximate surface area is 489 Å². The van der Waals surface area contributed by atoms with E-state index >= 15 is 0 Å². The van der Waals surface area contributed by atoms with E-state index in [9.17, 15) is 4.79 Å². The van der Waals surface area contributed by atoms with Gasteiger partial charge < -0.3 is 114 Å². The van der Waals surface area contributed by atoms with Crippen LogP contribution in [0.3, 0.4) is 0 Å². The highest BCUT2D eigenvalue weighted by atomic mass is 16.6. The van der Waals surface area contributed by atoms with Crippen LogP contribution >= 0.6 is 0 Å². The van der Waals surface area contributed by atoms with Crippen molar-refractivity contribution >= 4 is 5.97 Å². The van der Waals surface area contributed by atoms with Crippen molar-refractivity contribution in [1.29, 1.82) is 0 Å². The molecular weight excluding hydrogens is 1090 g/mol. The van der Waals surface area contributed by atoms with Crippen molar-refractivity contribution in [1.82, 2.24) is 9.80 Å². The van der Waals surface area contributed by atoms with Gasteiger partial charge in [-0.15, -0.1) is 0 Å². The normalized spacial score (nSPS) is 13.1. The molecule has 0 N–H and O–H groups in total. The molecule has 27 nitrogen and oxygen atoms in total. The average molecular weight is 1200 g/mol. The Morgan fingerprint density at radius 2 is 0.427 bits per heavy atom. The maximum Gasteiger partial charge on any atom is 0.330 e. The summed E-state index contributed by atoms with van der Waals surface area (Å²) in [5, 5.41) is 0. The van der Waals surface area contributed by atoms with E-state index in [1.165, 1.54) is 0 Å². The third-order valence-electron chi connectivity index (χ3n) is 10.7. The van der Waals surface area contributed by atoms with Crippen molar-refractivity contribution in [2.45, 2.75) is 0 Å². The molecule has 0 aromatic heterocycles. The van der Waals surface area contributed by atoms with Gasteiger partial charge in [0.25, 0.3) is 0 Å². The molecule has 0 amide bonds. The number of carbonyl (C=O) groups excluding carboxylic acids is 1. The van der Waals surface area contributed by atoms with E-state index in [4.69, 9.17) is 114 Å². The highest BCUT2D eigenvalue weighted by Gasteiger charge is 2.19. The van der Waals surface area contributed by atoms with Crippen LogP contribution in [0.5, 0.6) is 0 Å². The molecule has 82 heavy (non-hydrogen) atoms. The fourth-order valence-corrected chi connectivity index (χ4v) is 6.46. The van der Waals surface area contributed by atoms with Crippen LogP contribution in [0.2, 0.25) is 0 Å². The molecule has 1 fully saturated rings. The Bertz CT molecular complexity index is 1250. The number of methoxy groups -OCH3 is 1. The zero-order chi connectivity index (χ0) is 58.5. The van der Waals surface area contributed by atoms with E-state index in [1.807, 2.05) is 0 Å². The summed E-state index contributed by atoms with van der Waals surface area (Å²) >= 11 is 0. The second-order valence-electron chi connectivity index (χ2n) is 17.2. The molecule has 1 rings (SSSR count). The predicted molar refractivity (Wildman–Crippen MR) is 299 cm³/mol. The fraction of sp³-hybridized carbons (Fsp3) is 0.945. The van der Waals surface area contributed by atoms with Crippen molar-refractivity contribution in [3.8, 4) is 0 Å². The van der Waals surface area contributed by atoms with Gasteiger partial charge in [0.15, 0.2) is 0 Å². The smallest absolute Gasteiger partial charge is 0.330 e. The van der Waals surface area contributed by atoms with Gasteiger partial charge in [0.1, 0.15) is 6.61 Å². The van der Waals surface area contributed by atoms with Crippen LogP contribution in [0.4, 0.5) is 0 Å². The zero-order valence-corrected chi connectivity index (χ0v) is 49.9. The summed E-state index contributed by atoms with van der Waals surface area (Å²) in [5.41, 5.74) is 0. The lowest BCUT2D eigenvalue weighted by Gasteiger charge is -2.18. The van der Waals surface area contributed by atoms with Crippen molar-refractivity contribution in [3.05, 3.63) is 12.7 Å². The number of hydrogen-bond donors (Lipinski definition) is 0. The van der Waals surface area contributed by atoms with Gasteiger partial charge in [-0.1, -0.05) is 6.58 Å². The Balaban J connectivity index is 1.65. The summed E-state index contributed by atoms with van der Waals surface area (Å²) in [6, 6.07) is 0. The maximum atomic E-state index is 10.9. The Morgan fingerprint density at radius 1 is 0.268 bits per heavy atom. The van der Waals surface area contributed by atoms with Crippen molar-refractivity contribution < 1.29 is 118 Å². The summed E-state index contributed by atoms with van der Waals surface area (Å²) in [6.45, 7) is 31.1. The van der Waals surface area contributed by atoms with E-state index in [2.05, 4.69) is 16.4 Å². The average Bonchev–Trinajstić information content (AvgIpc) is 3.99. The van der Waals surface area contributed by atoms with Crippen molar-refractivity contribution in [3.63, 3.8) is 0 Å². The van der Waals surface area contributed by atoms with E-state index in [-0.39, 0.29) is 6.61 Å². The van der Waals surface area contributed by atoms with Crippen LogP contribution in [-0.4, -0.2) is 360 Å². The molecule has 0 spiro atoms. The minimum Gasteiger partial charge on any atom is -0.460 e. The minimum absolute atomic E-state index is 0.191. The molecule has 0 atom stereocenters. The first-order valence-corrected chi connectivity index (χ1v) is 29.2. The summed E-state index contributed by atoms with van der Waals surface area (Å²) in [7, 11) is 1.64. The maximum absolute atomic E-state index is 10.9.